The van der Waals surface area contributed by atoms with Crippen LogP contribution < -0.4 is 5.32 Å². The average Bonchev–Trinajstić information content (AvgIpc) is 3.60. The van der Waals surface area contributed by atoms with Crippen LogP contribution in [0, 0.1) is 18.8 Å². The molecule has 0 bridgehead atoms. The first-order valence-corrected chi connectivity index (χ1v) is 18.9. The molecule has 1 unspecified atom stereocenters. The van der Waals surface area contributed by atoms with Crippen molar-refractivity contribution in [3.8, 4) is 0 Å². The summed E-state index contributed by atoms with van der Waals surface area (Å²) in [5, 5.41) is 16.8. The van der Waals surface area contributed by atoms with Gasteiger partial charge in [-0.15, -0.1) is 11.3 Å². The van der Waals surface area contributed by atoms with E-state index in [1.165, 1.54) is 16.2 Å². The van der Waals surface area contributed by atoms with Crippen molar-refractivity contribution < 1.29 is 36.3 Å². The van der Waals surface area contributed by atoms with Crippen LogP contribution in [0.1, 0.15) is 49.5 Å². The van der Waals surface area contributed by atoms with Crippen LogP contribution in [-0.4, -0.2) is 88.9 Å². The Bertz CT molecular complexity index is 1740. The standard InChI is InChI=1S/C34H43ClF3N5O5S2/c1-21(2)17-42(50(47,48)30-12-11-25(16-27(30)35)34(36,37)38)19-29(44)28(15-24-9-7-6-8-10-24)40-32(45)31(22(3)4)43-14-13-41(33(43)46)18-26-20-49-23(5)39-26/h6-12,16,20-22,28-29,31,44H,13-15,17-19H2,1-5H3,(H,40,45)/t28-,29+,31?/m0/s1. The third-order valence-electron chi connectivity index (χ3n) is 8.31. The maximum Gasteiger partial charge on any atom is 0.416 e. The molecule has 1 saturated heterocycles. The van der Waals surface area contributed by atoms with Crippen molar-refractivity contribution in [2.24, 2.45) is 11.8 Å². The van der Waals surface area contributed by atoms with E-state index in [4.69, 9.17) is 11.6 Å². The molecule has 274 valence electrons. The molecule has 0 saturated carbocycles. The first kappa shape index (κ1) is 39.5. The van der Waals surface area contributed by atoms with Gasteiger partial charge in [-0.25, -0.2) is 18.2 Å². The summed E-state index contributed by atoms with van der Waals surface area (Å²) in [6.45, 7) is 9.46. The summed E-state index contributed by atoms with van der Waals surface area (Å²) in [5.74, 6) is -1.06. The van der Waals surface area contributed by atoms with Crippen molar-refractivity contribution in [3.63, 3.8) is 0 Å². The minimum atomic E-state index is -4.73. The van der Waals surface area contributed by atoms with E-state index in [1.54, 1.807) is 43.0 Å². The highest BCUT2D eigenvalue weighted by molar-refractivity contribution is 7.89. The second-order valence-corrected chi connectivity index (χ2v) is 16.6. The van der Waals surface area contributed by atoms with Crippen molar-refractivity contribution in [3.05, 3.63) is 80.8 Å². The van der Waals surface area contributed by atoms with Crippen molar-refractivity contribution in [1.82, 2.24) is 24.4 Å². The predicted molar refractivity (Wildman–Crippen MR) is 186 cm³/mol. The summed E-state index contributed by atoms with van der Waals surface area (Å²) in [7, 11) is -4.50. The van der Waals surface area contributed by atoms with Crippen LogP contribution in [-0.2, 0) is 34.0 Å². The molecule has 2 aromatic carbocycles. The second kappa shape index (κ2) is 16.4. The molecule has 1 aromatic heterocycles. The number of aryl methyl sites for hydroxylation is 1. The van der Waals surface area contributed by atoms with Crippen molar-refractivity contribution in [2.75, 3.05) is 26.2 Å². The molecule has 0 spiro atoms. The fourth-order valence-corrected chi connectivity index (χ4v) is 8.69. The Balaban J connectivity index is 1.60. The zero-order valence-corrected chi connectivity index (χ0v) is 30.9. The predicted octanol–water partition coefficient (Wildman–Crippen LogP) is 5.82. The van der Waals surface area contributed by atoms with Crippen LogP contribution >= 0.6 is 22.9 Å². The number of aliphatic hydroxyl groups excluding tert-OH is 1. The molecule has 3 amide bonds. The normalized spacial score (nSPS) is 16.1. The Kier molecular flexibility index (Phi) is 13.0. The lowest BCUT2D eigenvalue weighted by molar-refractivity contribution is -0.137. The molecular formula is C34H43ClF3N5O5S2. The van der Waals surface area contributed by atoms with E-state index >= 15 is 0 Å². The van der Waals surface area contributed by atoms with Gasteiger partial charge in [0.2, 0.25) is 15.9 Å². The summed E-state index contributed by atoms with van der Waals surface area (Å²) in [4.78, 5) is 34.6. The third kappa shape index (κ3) is 9.75. The number of nitrogens with one attached hydrogen (secondary N) is 1. The van der Waals surface area contributed by atoms with Gasteiger partial charge < -0.3 is 20.2 Å². The van der Waals surface area contributed by atoms with E-state index in [0.29, 0.717) is 31.8 Å². The first-order valence-electron chi connectivity index (χ1n) is 16.2. The third-order valence-corrected chi connectivity index (χ3v) is 11.4. The van der Waals surface area contributed by atoms with Gasteiger partial charge in [0, 0.05) is 31.6 Å². The highest BCUT2D eigenvalue weighted by atomic mass is 35.5. The van der Waals surface area contributed by atoms with Gasteiger partial charge in [0.1, 0.15) is 10.9 Å². The molecule has 0 aliphatic carbocycles. The van der Waals surface area contributed by atoms with Gasteiger partial charge >= 0.3 is 12.2 Å². The van der Waals surface area contributed by atoms with Gasteiger partial charge in [-0.1, -0.05) is 69.6 Å². The maximum absolute atomic E-state index is 14.0. The Morgan fingerprint density at radius 3 is 2.34 bits per heavy atom. The smallest absolute Gasteiger partial charge is 0.390 e. The number of sulfonamides is 1. The largest absolute Gasteiger partial charge is 0.416 e. The van der Waals surface area contributed by atoms with Crippen LogP contribution in [0.4, 0.5) is 18.0 Å². The number of nitrogens with zero attached hydrogens (tertiary/aromatic N) is 4. The summed E-state index contributed by atoms with van der Waals surface area (Å²) < 4.78 is 68.6. The Hall–Kier alpha value is -3.24. The number of hydrogen-bond donors (Lipinski definition) is 2. The number of hydrogen-bond acceptors (Lipinski definition) is 7. The Labute approximate surface area is 300 Å². The minimum Gasteiger partial charge on any atom is -0.390 e. The van der Waals surface area contributed by atoms with Crippen molar-refractivity contribution in [1.29, 1.82) is 0 Å². The Morgan fingerprint density at radius 2 is 1.78 bits per heavy atom. The summed E-state index contributed by atoms with van der Waals surface area (Å²) in [5.41, 5.74) is 0.418. The number of carbonyl (C=O) groups excluding carboxylic acids is 2. The molecule has 1 aliphatic rings. The molecule has 2 N–H and O–H groups in total. The van der Waals surface area contributed by atoms with Gasteiger partial charge in [-0.3, -0.25) is 4.79 Å². The molecule has 1 aliphatic heterocycles. The van der Waals surface area contributed by atoms with Gasteiger partial charge in [0.15, 0.2) is 0 Å². The number of amides is 3. The second-order valence-electron chi connectivity index (χ2n) is 13.2. The van der Waals surface area contributed by atoms with Crippen molar-refractivity contribution >= 4 is 44.9 Å². The number of aliphatic hydroxyl groups is 1. The van der Waals surface area contributed by atoms with E-state index in [0.717, 1.165) is 26.6 Å². The number of alkyl halides is 3. The SMILES string of the molecule is Cc1nc(CN2CCN(C(C(=O)N[C@@H](Cc3ccccc3)[C@H](O)CN(CC(C)C)S(=O)(=O)c3ccc(C(F)(F)F)cc3Cl)C(C)C)C2=O)cs1. The molecule has 4 rings (SSSR count). The lowest BCUT2D eigenvalue weighted by Gasteiger charge is -2.34. The number of benzene rings is 2. The van der Waals surface area contributed by atoms with Crippen LogP contribution in [0.5, 0.6) is 0 Å². The monoisotopic (exact) mass is 757 g/mol. The van der Waals surface area contributed by atoms with Crippen LogP contribution in [0.25, 0.3) is 0 Å². The molecule has 16 heteroatoms. The highest BCUT2D eigenvalue weighted by Gasteiger charge is 2.41. The first-order chi connectivity index (χ1) is 23.4. The van der Waals surface area contributed by atoms with E-state index in [2.05, 4.69) is 10.3 Å². The molecule has 10 nitrogen and oxygen atoms in total. The van der Waals surface area contributed by atoms with Crippen LogP contribution in [0.15, 0.2) is 58.8 Å². The number of urea groups is 1. The molecular weight excluding hydrogens is 715 g/mol. The van der Waals surface area contributed by atoms with Gasteiger partial charge in [0.25, 0.3) is 0 Å². The molecule has 2 heterocycles. The zero-order valence-electron chi connectivity index (χ0n) is 28.5. The van der Waals surface area contributed by atoms with Gasteiger partial charge in [-0.2, -0.15) is 17.5 Å². The Morgan fingerprint density at radius 1 is 1.10 bits per heavy atom. The fraction of sp³-hybridized carbons (Fsp3) is 0.500. The van der Waals surface area contributed by atoms with E-state index in [1.807, 2.05) is 32.2 Å². The number of rotatable bonds is 15. The summed E-state index contributed by atoms with van der Waals surface area (Å²) >= 11 is 7.59. The number of aromatic nitrogens is 1. The van der Waals surface area contributed by atoms with E-state index in [9.17, 15) is 36.3 Å². The highest BCUT2D eigenvalue weighted by Crippen LogP contribution is 2.34. The van der Waals surface area contributed by atoms with E-state index < -0.39 is 62.3 Å². The average molecular weight is 758 g/mol. The number of halogens is 4. The van der Waals surface area contributed by atoms with Crippen molar-refractivity contribution in [2.45, 2.75) is 76.8 Å². The zero-order chi connectivity index (χ0) is 37.0. The number of carbonyl (C=O) groups is 2. The van der Waals surface area contributed by atoms with E-state index in [-0.39, 0.29) is 30.8 Å². The molecule has 1 fully saturated rings. The number of thiazole rings is 1. The topological polar surface area (TPSA) is 123 Å². The summed E-state index contributed by atoms with van der Waals surface area (Å²) in [6.07, 6.45) is -6.07. The van der Waals surface area contributed by atoms with Crippen LogP contribution in [0.3, 0.4) is 0 Å². The molecule has 50 heavy (non-hydrogen) atoms. The lowest BCUT2D eigenvalue weighted by Crippen LogP contribution is -2.57. The van der Waals surface area contributed by atoms with Crippen LogP contribution in [0.2, 0.25) is 5.02 Å². The summed E-state index contributed by atoms with van der Waals surface area (Å²) in [6, 6.07) is 8.80. The quantitative estimate of drug-likeness (QED) is 0.202. The molecule has 0 radical (unpaired) electrons. The lowest BCUT2D eigenvalue weighted by atomic mass is 9.97. The van der Waals surface area contributed by atoms with Gasteiger partial charge in [0.05, 0.1) is 40.0 Å². The fourth-order valence-electron chi connectivity index (χ4n) is 5.95. The minimum absolute atomic E-state index is 0.0893. The molecule has 3 aromatic rings. The molecule has 3 atom stereocenters. The van der Waals surface area contributed by atoms with Gasteiger partial charge in [-0.05, 0) is 48.9 Å². The maximum atomic E-state index is 14.0.